The van der Waals surface area contributed by atoms with Crippen LogP contribution in [0.2, 0.25) is 0 Å². The van der Waals surface area contributed by atoms with Crippen LogP contribution in [0.4, 0.5) is 5.69 Å². The van der Waals surface area contributed by atoms with Gasteiger partial charge in [0.15, 0.2) is 0 Å². The van der Waals surface area contributed by atoms with E-state index in [0.29, 0.717) is 6.54 Å². The quantitative estimate of drug-likeness (QED) is 0.844. The summed E-state index contributed by atoms with van der Waals surface area (Å²) in [4.78, 5) is 27.5. The Hall–Kier alpha value is -1.95. The number of thioether (sulfide) groups is 1. The molecule has 3 rings (SSSR count). The summed E-state index contributed by atoms with van der Waals surface area (Å²) in [7, 11) is 3.22. The van der Waals surface area contributed by atoms with Crippen molar-refractivity contribution in [2.24, 2.45) is 14.1 Å². The number of hydrogen-bond donors (Lipinski definition) is 0. The molecule has 5 nitrogen and oxygen atoms in total. The Balaban J connectivity index is 2.01. The van der Waals surface area contributed by atoms with Crippen LogP contribution in [0.15, 0.2) is 44.8 Å². The van der Waals surface area contributed by atoms with Gasteiger partial charge in [0.1, 0.15) is 0 Å². The Morgan fingerprint density at radius 3 is 2.73 bits per heavy atom. The van der Waals surface area contributed by atoms with E-state index in [-0.39, 0.29) is 11.2 Å². The van der Waals surface area contributed by atoms with Crippen LogP contribution in [0.25, 0.3) is 0 Å². The lowest BCUT2D eigenvalue weighted by Gasteiger charge is -2.25. The van der Waals surface area contributed by atoms with Crippen molar-refractivity contribution in [2.75, 3.05) is 17.2 Å². The molecule has 0 N–H and O–H groups in total. The number of nitrogens with zero attached hydrogens (tertiary/aromatic N) is 3. The van der Waals surface area contributed by atoms with E-state index in [2.05, 4.69) is 17.0 Å². The first-order chi connectivity index (χ1) is 10.6. The predicted molar refractivity (Wildman–Crippen MR) is 89.8 cm³/mol. The van der Waals surface area contributed by atoms with Gasteiger partial charge in [0.2, 0.25) is 0 Å². The van der Waals surface area contributed by atoms with E-state index in [1.54, 1.807) is 17.7 Å². The molecule has 1 aliphatic heterocycles. The minimum Gasteiger partial charge on any atom is -0.365 e. The third kappa shape index (κ3) is 2.70. The van der Waals surface area contributed by atoms with E-state index < -0.39 is 0 Å². The van der Waals surface area contributed by atoms with Crippen molar-refractivity contribution < 1.29 is 0 Å². The first-order valence-corrected chi connectivity index (χ1v) is 8.29. The van der Waals surface area contributed by atoms with Crippen molar-refractivity contribution in [1.29, 1.82) is 0 Å². The zero-order valence-electron chi connectivity index (χ0n) is 12.8. The average molecular weight is 317 g/mol. The van der Waals surface area contributed by atoms with Crippen molar-refractivity contribution in [2.45, 2.75) is 17.9 Å². The first kappa shape index (κ1) is 15.0. The smallest absolute Gasteiger partial charge is 0.330 e. The standard InChI is InChI=1S/C16H19N3O2S/c1-17-12(10-15(20)18(2)16(17)21)11-19-8-5-9-22-14-7-4-3-6-13(14)19/h3-4,6-7,10H,5,8-9,11H2,1-2H3. The fourth-order valence-corrected chi connectivity index (χ4v) is 3.70. The van der Waals surface area contributed by atoms with Gasteiger partial charge < -0.3 is 4.90 Å². The van der Waals surface area contributed by atoms with Crippen molar-refractivity contribution >= 4 is 17.4 Å². The van der Waals surface area contributed by atoms with Gasteiger partial charge in [0, 0.05) is 37.3 Å². The number of hydrogen-bond acceptors (Lipinski definition) is 4. The van der Waals surface area contributed by atoms with E-state index >= 15 is 0 Å². The SMILES string of the molecule is Cn1c(CN2CCCSc3ccccc32)cc(=O)n(C)c1=O. The maximum absolute atomic E-state index is 12.1. The second-order valence-corrected chi connectivity index (χ2v) is 6.60. The fraction of sp³-hybridized carbons (Fsp3) is 0.375. The van der Waals surface area contributed by atoms with Gasteiger partial charge in [-0.1, -0.05) is 12.1 Å². The van der Waals surface area contributed by atoms with Gasteiger partial charge in [-0.2, -0.15) is 0 Å². The second kappa shape index (κ2) is 6.04. The summed E-state index contributed by atoms with van der Waals surface area (Å²) < 4.78 is 2.69. The molecular formula is C16H19N3O2S. The zero-order chi connectivity index (χ0) is 15.7. The Morgan fingerprint density at radius 1 is 1.14 bits per heavy atom. The Morgan fingerprint density at radius 2 is 1.91 bits per heavy atom. The highest BCUT2D eigenvalue weighted by atomic mass is 32.2. The number of anilines is 1. The molecule has 1 aliphatic rings. The molecule has 0 radical (unpaired) electrons. The van der Waals surface area contributed by atoms with Gasteiger partial charge in [-0.25, -0.2) is 4.79 Å². The van der Waals surface area contributed by atoms with Crippen LogP contribution >= 0.6 is 11.8 Å². The second-order valence-electron chi connectivity index (χ2n) is 5.47. The highest BCUT2D eigenvalue weighted by molar-refractivity contribution is 7.99. The largest absolute Gasteiger partial charge is 0.365 e. The van der Waals surface area contributed by atoms with Crippen LogP contribution in [-0.2, 0) is 20.6 Å². The number of aromatic nitrogens is 2. The molecule has 0 saturated heterocycles. The predicted octanol–water partition coefficient (Wildman–Crippen LogP) is 1.59. The van der Waals surface area contributed by atoms with Crippen molar-refractivity contribution in [1.82, 2.24) is 9.13 Å². The minimum absolute atomic E-state index is 0.254. The molecule has 116 valence electrons. The highest BCUT2D eigenvalue weighted by Gasteiger charge is 2.17. The van der Waals surface area contributed by atoms with Crippen LogP contribution in [0, 0.1) is 0 Å². The molecule has 6 heteroatoms. The van der Waals surface area contributed by atoms with Gasteiger partial charge in [0.05, 0.1) is 12.2 Å². The van der Waals surface area contributed by atoms with Gasteiger partial charge in [-0.05, 0) is 24.3 Å². The van der Waals surface area contributed by atoms with E-state index in [4.69, 9.17) is 0 Å². The summed E-state index contributed by atoms with van der Waals surface area (Å²) in [5, 5.41) is 0. The molecule has 0 unspecified atom stereocenters. The maximum Gasteiger partial charge on any atom is 0.330 e. The minimum atomic E-state index is -0.278. The molecular weight excluding hydrogens is 298 g/mol. The fourth-order valence-electron chi connectivity index (χ4n) is 2.69. The highest BCUT2D eigenvalue weighted by Crippen LogP contribution is 2.34. The van der Waals surface area contributed by atoms with E-state index in [1.807, 2.05) is 23.9 Å². The van der Waals surface area contributed by atoms with Gasteiger partial charge in [-0.15, -0.1) is 11.8 Å². The van der Waals surface area contributed by atoms with Gasteiger partial charge >= 0.3 is 5.69 Å². The topological polar surface area (TPSA) is 47.2 Å². The number of rotatable bonds is 2. The number of fused-ring (bicyclic) bond motifs is 1. The van der Waals surface area contributed by atoms with Crippen LogP contribution in [0.1, 0.15) is 12.1 Å². The molecule has 0 amide bonds. The molecule has 0 bridgehead atoms. The molecule has 0 fully saturated rings. The monoisotopic (exact) mass is 317 g/mol. The maximum atomic E-state index is 12.1. The third-order valence-electron chi connectivity index (χ3n) is 4.01. The third-order valence-corrected chi connectivity index (χ3v) is 5.16. The van der Waals surface area contributed by atoms with Gasteiger partial charge in [-0.3, -0.25) is 13.9 Å². The van der Waals surface area contributed by atoms with Crippen LogP contribution < -0.4 is 16.1 Å². The summed E-state index contributed by atoms with van der Waals surface area (Å²) in [6.45, 7) is 1.49. The van der Waals surface area contributed by atoms with Crippen LogP contribution in [-0.4, -0.2) is 21.4 Å². The summed E-state index contributed by atoms with van der Waals surface area (Å²) in [6, 6.07) is 9.86. The molecule has 0 aliphatic carbocycles. The Bertz CT molecular complexity index is 810. The molecule has 1 aromatic heterocycles. The molecule has 22 heavy (non-hydrogen) atoms. The zero-order valence-corrected chi connectivity index (χ0v) is 13.6. The van der Waals surface area contributed by atoms with E-state index in [1.165, 1.54) is 17.6 Å². The van der Waals surface area contributed by atoms with Crippen LogP contribution in [0.3, 0.4) is 0 Å². The lowest BCUT2D eigenvalue weighted by atomic mass is 10.2. The Labute approximate surface area is 133 Å². The van der Waals surface area contributed by atoms with Crippen molar-refractivity contribution in [3.63, 3.8) is 0 Å². The molecule has 0 saturated carbocycles. The molecule has 2 heterocycles. The normalized spacial score (nSPS) is 14.5. The summed E-state index contributed by atoms with van der Waals surface area (Å²) >= 11 is 1.86. The molecule has 1 aromatic carbocycles. The summed E-state index contributed by atoms with van der Waals surface area (Å²) in [5.74, 6) is 1.09. The van der Waals surface area contributed by atoms with Crippen LogP contribution in [0.5, 0.6) is 0 Å². The van der Waals surface area contributed by atoms with E-state index in [0.717, 1.165) is 29.0 Å². The van der Waals surface area contributed by atoms with Crippen molar-refractivity contribution in [3.8, 4) is 0 Å². The summed E-state index contributed by atoms with van der Waals surface area (Å²) in [5.41, 5.74) is 1.39. The first-order valence-electron chi connectivity index (χ1n) is 7.30. The van der Waals surface area contributed by atoms with E-state index in [9.17, 15) is 9.59 Å². The molecule has 2 aromatic rings. The Kier molecular flexibility index (Phi) is 4.11. The van der Waals surface area contributed by atoms with Gasteiger partial charge in [0.25, 0.3) is 5.56 Å². The lowest BCUT2D eigenvalue weighted by molar-refractivity contribution is 0.632. The number of benzene rings is 1. The molecule has 0 atom stereocenters. The average Bonchev–Trinajstić information content (AvgIpc) is 2.73. The molecule has 0 spiro atoms. The summed E-state index contributed by atoms with van der Waals surface area (Å²) in [6.07, 6.45) is 1.08. The van der Waals surface area contributed by atoms with Crippen molar-refractivity contribution in [3.05, 3.63) is 56.9 Å². The lowest BCUT2D eigenvalue weighted by Crippen LogP contribution is -2.39. The number of para-hydroxylation sites is 1.